The molecule has 1 saturated carbocycles. The van der Waals surface area contributed by atoms with E-state index >= 15 is 4.39 Å². The topological polar surface area (TPSA) is 109 Å². The number of nitrogens with zero attached hydrogens (tertiary/aromatic N) is 5. The van der Waals surface area contributed by atoms with Gasteiger partial charge in [-0.3, -0.25) is 24.7 Å². The highest BCUT2D eigenvalue weighted by atomic mass is 32.1. The van der Waals surface area contributed by atoms with E-state index in [4.69, 9.17) is 22.2 Å². The number of piperidine rings is 1. The Morgan fingerprint density at radius 3 is 2.46 bits per heavy atom. The molecule has 1 unspecified atom stereocenters. The van der Waals surface area contributed by atoms with Gasteiger partial charge in [0.05, 0.1) is 17.0 Å². The molecule has 2 amide bonds. The van der Waals surface area contributed by atoms with Gasteiger partial charge in [0.2, 0.25) is 11.8 Å². The molecule has 0 radical (unpaired) electrons. The lowest BCUT2D eigenvalue weighted by Gasteiger charge is -2.40. The van der Waals surface area contributed by atoms with Crippen molar-refractivity contribution in [3.8, 4) is 11.8 Å². The fourth-order valence-electron chi connectivity index (χ4n) is 8.40. The molecule has 10 nitrogen and oxygen atoms in total. The molecule has 13 heteroatoms. The standard InChI is InChI=1S/C44H48F2N6O4S/c1-43(2,28-53)52(42(57)49(3)32-8-5-31(27-47)39(46)24-32)33-9-4-30(38(45)25-33)14-15-44(16-17-44)51-20-18-50(19-21-51)22-23-56-34-10-6-29-7-11-35(37(29)26-34)36-12-13-40(54)48-41(36)55/h4-6,8-11,24-26,28,36H,7,12-23H2,1-3H3,(H,48,54,55). The number of ether oxygens (including phenoxy) is 1. The van der Waals surface area contributed by atoms with Gasteiger partial charge in [0, 0.05) is 63.1 Å². The number of benzene rings is 3. The van der Waals surface area contributed by atoms with Crippen LogP contribution in [0.2, 0.25) is 0 Å². The molecule has 2 aliphatic carbocycles. The van der Waals surface area contributed by atoms with Gasteiger partial charge in [-0.1, -0.05) is 18.2 Å². The molecule has 0 bridgehead atoms. The largest absolute Gasteiger partial charge is 0.492 e. The van der Waals surface area contributed by atoms with Crippen molar-refractivity contribution in [3.05, 3.63) is 94.6 Å². The summed E-state index contributed by atoms with van der Waals surface area (Å²) in [5.41, 5.74) is 3.43. The fraction of sp³-hybridized carbons (Fsp3) is 0.432. The van der Waals surface area contributed by atoms with Crippen LogP contribution in [0, 0.1) is 28.9 Å². The van der Waals surface area contributed by atoms with E-state index in [1.54, 1.807) is 50.1 Å². The fourth-order valence-corrected chi connectivity index (χ4v) is 8.85. The summed E-state index contributed by atoms with van der Waals surface area (Å²) >= 11 is 5.78. The van der Waals surface area contributed by atoms with Crippen molar-refractivity contribution in [1.82, 2.24) is 15.1 Å². The van der Waals surface area contributed by atoms with Crippen molar-refractivity contribution < 1.29 is 27.9 Å². The van der Waals surface area contributed by atoms with Crippen molar-refractivity contribution in [3.63, 3.8) is 0 Å². The van der Waals surface area contributed by atoms with Gasteiger partial charge in [0.25, 0.3) is 0 Å². The number of nitrogens with one attached hydrogen (secondary N) is 1. The summed E-state index contributed by atoms with van der Waals surface area (Å²) in [4.78, 5) is 44.5. The Morgan fingerprint density at radius 1 is 1.05 bits per heavy atom. The lowest BCUT2D eigenvalue weighted by atomic mass is 9.87. The molecule has 2 saturated heterocycles. The number of piperazine rings is 1. The molecule has 2 heterocycles. The van der Waals surface area contributed by atoms with Gasteiger partial charge >= 0.3 is 0 Å². The summed E-state index contributed by atoms with van der Waals surface area (Å²) < 4.78 is 36.5. The van der Waals surface area contributed by atoms with Crippen LogP contribution >= 0.6 is 12.2 Å². The second-order valence-corrected chi connectivity index (χ2v) is 16.5. The van der Waals surface area contributed by atoms with Crippen molar-refractivity contribution in [2.45, 2.75) is 69.9 Å². The molecular formula is C44H48F2N6O4S. The number of thiocarbonyl (C=S) groups is 1. The average Bonchev–Trinajstić information content (AvgIpc) is 3.88. The SMILES string of the molecule is CN(C(=S)N(c1ccc(CCC2(N3CCN(CCOc4ccc5c(c4)C(C4CCC(=O)NC4=O)=CC5)CC3)CC2)c(F)c1)C(C)(C)C=O)c1ccc(C#N)c(F)c1. The highest BCUT2D eigenvalue weighted by molar-refractivity contribution is 7.80. The van der Waals surface area contributed by atoms with Crippen LogP contribution in [0.25, 0.3) is 5.57 Å². The molecule has 2 aliphatic heterocycles. The van der Waals surface area contributed by atoms with Gasteiger partial charge in [-0.2, -0.15) is 5.26 Å². The van der Waals surface area contributed by atoms with Crippen LogP contribution in [0.15, 0.2) is 60.7 Å². The van der Waals surface area contributed by atoms with Crippen molar-refractivity contribution in [1.29, 1.82) is 5.26 Å². The van der Waals surface area contributed by atoms with Gasteiger partial charge in [-0.25, -0.2) is 8.78 Å². The van der Waals surface area contributed by atoms with E-state index in [1.165, 1.54) is 28.7 Å². The Hall–Kier alpha value is -5.03. The quantitative estimate of drug-likeness (QED) is 0.122. The zero-order chi connectivity index (χ0) is 40.5. The molecule has 7 rings (SSSR count). The number of allylic oxidation sites excluding steroid dienone is 1. The summed E-state index contributed by atoms with van der Waals surface area (Å²) in [6.07, 6.45) is 8.09. The van der Waals surface area contributed by atoms with E-state index in [1.807, 2.05) is 12.1 Å². The first kappa shape index (κ1) is 40.2. The van der Waals surface area contributed by atoms with Gasteiger partial charge in [-0.15, -0.1) is 0 Å². The van der Waals surface area contributed by atoms with E-state index in [2.05, 4.69) is 27.3 Å². The zero-order valence-electron chi connectivity index (χ0n) is 32.7. The molecule has 3 aromatic rings. The van der Waals surface area contributed by atoms with Gasteiger partial charge in [0.15, 0.2) is 5.11 Å². The van der Waals surface area contributed by atoms with Gasteiger partial charge in [0.1, 0.15) is 36.3 Å². The van der Waals surface area contributed by atoms with Crippen LogP contribution in [0.5, 0.6) is 5.75 Å². The molecule has 1 N–H and O–H groups in total. The number of hydrogen-bond acceptors (Lipinski definition) is 8. The highest BCUT2D eigenvalue weighted by Gasteiger charge is 2.48. The van der Waals surface area contributed by atoms with Crippen molar-refractivity contribution >= 4 is 52.4 Å². The molecule has 3 fully saturated rings. The monoisotopic (exact) mass is 794 g/mol. The third-order valence-corrected chi connectivity index (χ3v) is 12.5. The predicted molar refractivity (Wildman–Crippen MR) is 219 cm³/mol. The first-order valence-electron chi connectivity index (χ1n) is 19.6. The number of imide groups is 1. The number of aryl methyl sites for hydroxylation is 1. The van der Waals surface area contributed by atoms with E-state index in [0.29, 0.717) is 42.8 Å². The summed E-state index contributed by atoms with van der Waals surface area (Å²) in [7, 11) is 1.64. The maximum absolute atomic E-state index is 15.8. The minimum atomic E-state index is -1.14. The minimum Gasteiger partial charge on any atom is -0.492 e. The normalized spacial score (nSPS) is 19.2. The molecule has 0 spiro atoms. The van der Waals surface area contributed by atoms with Gasteiger partial charge < -0.3 is 19.3 Å². The number of anilines is 2. The lowest BCUT2D eigenvalue weighted by molar-refractivity contribution is -0.134. The van der Waals surface area contributed by atoms with Crippen molar-refractivity contribution in [2.75, 3.05) is 56.2 Å². The van der Waals surface area contributed by atoms with Crippen LogP contribution in [0.3, 0.4) is 0 Å². The van der Waals surface area contributed by atoms with E-state index in [0.717, 1.165) is 81.6 Å². The number of aldehydes is 1. The van der Waals surface area contributed by atoms with Crippen LogP contribution in [-0.4, -0.2) is 90.5 Å². The van der Waals surface area contributed by atoms with Crippen LogP contribution in [0.4, 0.5) is 20.2 Å². The van der Waals surface area contributed by atoms with Crippen molar-refractivity contribution in [2.24, 2.45) is 5.92 Å². The van der Waals surface area contributed by atoms with Crippen LogP contribution < -0.4 is 19.9 Å². The first-order chi connectivity index (χ1) is 27.3. The first-order valence-corrected chi connectivity index (χ1v) is 20.0. The number of fused-ring (bicyclic) bond motifs is 1. The van der Waals surface area contributed by atoms with E-state index in [-0.39, 0.29) is 39.8 Å². The van der Waals surface area contributed by atoms with Crippen LogP contribution in [0.1, 0.15) is 68.2 Å². The molecule has 57 heavy (non-hydrogen) atoms. The van der Waals surface area contributed by atoms with Gasteiger partial charge in [-0.05, 0) is 129 Å². The molecule has 298 valence electrons. The second-order valence-electron chi connectivity index (χ2n) is 16.1. The Balaban J connectivity index is 0.909. The minimum absolute atomic E-state index is 0.0675. The maximum atomic E-state index is 15.8. The zero-order valence-corrected chi connectivity index (χ0v) is 33.5. The number of amides is 2. The summed E-state index contributed by atoms with van der Waals surface area (Å²) in [6, 6.07) is 17.0. The molecule has 1 atom stereocenters. The number of rotatable bonds is 13. The number of carbonyl (C=O) groups is 3. The molecule has 4 aliphatic rings. The Morgan fingerprint density at radius 2 is 1.79 bits per heavy atom. The number of hydrogen-bond donors (Lipinski definition) is 1. The molecule has 0 aromatic heterocycles. The summed E-state index contributed by atoms with van der Waals surface area (Å²) in [5, 5.41) is 11.8. The number of carbonyl (C=O) groups excluding carboxylic acids is 3. The maximum Gasteiger partial charge on any atom is 0.234 e. The Bertz CT molecular complexity index is 2160. The lowest BCUT2D eigenvalue weighted by Crippen LogP contribution is -2.54. The Kier molecular flexibility index (Phi) is 11.6. The molecular weight excluding hydrogens is 747 g/mol. The average molecular weight is 795 g/mol. The van der Waals surface area contributed by atoms with E-state index < -0.39 is 11.4 Å². The third kappa shape index (κ3) is 8.49. The molecule has 3 aromatic carbocycles. The Labute approximate surface area is 338 Å². The third-order valence-electron chi connectivity index (χ3n) is 12.1. The summed E-state index contributed by atoms with van der Waals surface area (Å²) in [6.45, 7) is 8.43. The predicted octanol–water partition coefficient (Wildman–Crippen LogP) is 6.20. The number of halogens is 2. The van der Waals surface area contributed by atoms with E-state index in [9.17, 15) is 18.8 Å². The highest BCUT2D eigenvalue weighted by Crippen LogP contribution is 2.46. The smallest absolute Gasteiger partial charge is 0.234 e. The number of nitriles is 1. The second kappa shape index (κ2) is 16.4. The summed E-state index contributed by atoms with van der Waals surface area (Å²) in [5.74, 6) is -1.02. The van der Waals surface area contributed by atoms with Crippen LogP contribution in [-0.2, 0) is 27.2 Å².